The van der Waals surface area contributed by atoms with E-state index in [0.29, 0.717) is 5.78 Å². The number of hydrogen-bond acceptors (Lipinski definition) is 2. The summed E-state index contributed by atoms with van der Waals surface area (Å²) in [4.78, 5) is 11.7. The van der Waals surface area contributed by atoms with Crippen LogP contribution in [0.4, 0.5) is 0 Å². The third-order valence-electron chi connectivity index (χ3n) is 3.51. The predicted octanol–water partition coefficient (Wildman–Crippen LogP) is 1.83. The number of allylic oxidation sites excluding steroid dienone is 1. The van der Waals surface area contributed by atoms with Crippen LogP contribution in [0.2, 0.25) is 0 Å². The molecule has 0 aliphatic heterocycles. The van der Waals surface area contributed by atoms with Crippen LogP contribution in [0.5, 0.6) is 0 Å². The molecule has 1 fully saturated rings. The minimum absolute atomic E-state index is 0.225. The van der Waals surface area contributed by atoms with Crippen molar-refractivity contribution in [2.24, 2.45) is 5.41 Å². The number of Topliss-reactive ketones (excluding diaryl/α,β-unsaturated/α-hetero) is 1. The minimum atomic E-state index is -0.311. The van der Waals surface area contributed by atoms with Crippen LogP contribution in [0.1, 0.15) is 39.0 Å². The summed E-state index contributed by atoms with van der Waals surface area (Å²) in [5.41, 5.74) is 0.958. The van der Waals surface area contributed by atoms with Crippen molar-refractivity contribution >= 4 is 5.78 Å². The summed E-state index contributed by atoms with van der Waals surface area (Å²) >= 11 is 0. The molecule has 2 nitrogen and oxygen atoms in total. The molecule has 2 unspecified atom stereocenters. The molecule has 2 aliphatic rings. The lowest BCUT2D eigenvalue weighted by atomic mass is 9.65. The van der Waals surface area contributed by atoms with Crippen LogP contribution in [-0.4, -0.2) is 17.0 Å². The van der Waals surface area contributed by atoms with Gasteiger partial charge in [-0.2, -0.15) is 0 Å². The maximum absolute atomic E-state index is 11.7. The summed E-state index contributed by atoms with van der Waals surface area (Å²) in [6.07, 6.45) is 5.86. The van der Waals surface area contributed by atoms with Gasteiger partial charge >= 0.3 is 0 Å². The molecule has 0 saturated heterocycles. The third kappa shape index (κ3) is 1.33. The van der Waals surface area contributed by atoms with Gasteiger partial charge in [-0.3, -0.25) is 4.79 Å². The van der Waals surface area contributed by atoms with Crippen molar-refractivity contribution in [1.82, 2.24) is 0 Å². The highest BCUT2D eigenvalue weighted by atomic mass is 16.3. The maximum Gasteiger partial charge on any atom is 0.142 e. The first kappa shape index (κ1) is 8.95. The molecule has 13 heavy (non-hydrogen) atoms. The number of aliphatic hydroxyl groups is 1. The monoisotopic (exact) mass is 180 g/mol. The van der Waals surface area contributed by atoms with Gasteiger partial charge in [0.15, 0.2) is 0 Å². The quantitative estimate of drug-likeness (QED) is 0.577. The van der Waals surface area contributed by atoms with Gasteiger partial charge in [0.25, 0.3) is 0 Å². The van der Waals surface area contributed by atoms with E-state index in [1.807, 2.05) is 13.0 Å². The number of hydrogen-bond donors (Lipinski definition) is 1. The Morgan fingerprint density at radius 1 is 1.54 bits per heavy atom. The van der Waals surface area contributed by atoms with Crippen LogP contribution in [-0.2, 0) is 4.79 Å². The van der Waals surface area contributed by atoms with E-state index in [9.17, 15) is 9.90 Å². The molecule has 0 radical (unpaired) electrons. The average Bonchev–Trinajstić information content (AvgIpc) is 2.09. The lowest BCUT2D eigenvalue weighted by Gasteiger charge is -2.39. The van der Waals surface area contributed by atoms with Crippen molar-refractivity contribution in [3.05, 3.63) is 11.6 Å². The van der Waals surface area contributed by atoms with Crippen LogP contribution in [0.15, 0.2) is 11.6 Å². The zero-order chi connectivity index (χ0) is 9.47. The first-order chi connectivity index (χ1) is 6.13. The second-order valence-corrected chi connectivity index (χ2v) is 4.41. The predicted molar refractivity (Wildman–Crippen MR) is 50.3 cm³/mol. The lowest BCUT2D eigenvalue weighted by Crippen LogP contribution is -2.37. The molecule has 2 heteroatoms. The second kappa shape index (κ2) is 2.95. The van der Waals surface area contributed by atoms with Crippen LogP contribution in [0.3, 0.4) is 0 Å². The molecular formula is C11H16O2. The van der Waals surface area contributed by atoms with Crippen molar-refractivity contribution in [2.45, 2.75) is 45.1 Å². The van der Waals surface area contributed by atoms with Crippen molar-refractivity contribution in [3.8, 4) is 0 Å². The summed E-state index contributed by atoms with van der Waals surface area (Å²) in [7, 11) is 0. The summed E-state index contributed by atoms with van der Waals surface area (Å²) in [6.45, 7) is 2.03. The zero-order valence-corrected chi connectivity index (χ0v) is 8.05. The van der Waals surface area contributed by atoms with Gasteiger partial charge in [-0.25, -0.2) is 0 Å². The van der Waals surface area contributed by atoms with Crippen molar-refractivity contribution in [3.63, 3.8) is 0 Å². The van der Waals surface area contributed by atoms with Gasteiger partial charge in [-0.1, -0.05) is 11.6 Å². The number of aliphatic hydroxyl groups excluding tert-OH is 1. The Bertz CT molecular complexity index is 267. The molecule has 0 amide bonds. The Kier molecular flexibility index (Phi) is 2.03. The van der Waals surface area contributed by atoms with Gasteiger partial charge in [-0.15, -0.1) is 0 Å². The first-order valence-corrected chi connectivity index (χ1v) is 5.05. The molecule has 0 spiro atoms. The van der Waals surface area contributed by atoms with Gasteiger partial charge in [0.2, 0.25) is 0 Å². The average molecular weight is 180 g/mol. The standard InChI is InChI=1S/C11H16O2/c1-11-6-5-9(12)7-8(11)3-2-4-10(11)13/h7,9,12H,2-6H2,1H3. The Hall–Kier alpha value is -0.630. The molecular weight excluding hydrogens is 164 g/mol. The Morgan fingerprint density at radius 3 is 3.08 bits per heavy atom. The maximum atomic E-state index is 11.7. The Balaban J connectivity index is 2.34. The molecule has 0 aromatic rings. The third-order valence-corrected chi connectivity index (χ3v) is 3.51. The molecule has 72 valence electrons. The molecule has 0 bridgehead atoms. The number of rotatable bonds is 0. The smallest absolute Gasteiger partial charge is 0.142 e. The molecule has 2 aliphatic carbocycles. The van der Waals surface area contributed by atoms with Crippen LogP contribution < -0.4 is 0 Å². The molecule has 1 saturated carbocycles. The van der Waals surface area contributed by atoms with Crippen molar-refractivity contribution < 1.29 is 9.90 Å². The summed E-state index contributed by atoms with van der Waals surface area (Å²) in [5.74, 6) is 0.372. The number of fused-ring (bicyclic) bond motifs is 1. The fraction of sp³-hybridized carbons (Fsp3) is 0.727. The molecule has 2 rings (SSSR count). The molecule has 0 aromatic carbocycles. The van der Waals surface area contributed by atoms with E-state index in [1.54, 1.807) is 0 Å². The highest BCUT2D eigenvalue weighted by molar-refractivity contribution is 5.88. The van der Waals surface area contributed by atoms with Crippen molar-refractivity contribution in [1.29, 1.82) is 0 Å². The topological polar surface area (TPSA) is 37.3 Å². The fourth-order valence-corrected chi connectivity index (χ4v) is 2.49. The number of carbonyl (C=O) groups is 1. The first-order valence-electron chi connectivity index (χ1n) is 5.05. The second-order valence-electron chi connectivity index (χ2n) is 4.41. The highest BCUT2D eigenvalue weighted by Crippen LogP contribution is 2.44. The van der Waals surface area contributed by atoms with Gasteiger partial charge in [0.1, 0.15) is 5.78 Å². The van der Waals surface area contributed by atoms with Crippen LogP contribution in [0.25, 0.3) is 0 Å². The van der Waals surface area contributed by atoms with E-state index in [1.165, 1.54) is 5.57 Å². The van der Waals surface area contributed by atoms with Crippen LogP contribution in [0, 0.1) is 5.41 Å². The molecule has 0 heterocycles. The Morgan fingerprint density at radius 2 is 2.31 bits per heavy atom. The Labute approximate surface area is 78.6 Å². The normalized spacial score (nSPS) is 39.7. The van der Waals surface area contributed by atoms with Gasteiger partial charge in [-0.05, 0) is 32.6 Å². The van der Waals surface area contributed by atoms with E-state index in [-0.39, 0.29) is 11.5 Å². The summed E-state index contributed by atoms with van der Waals surface area (Å²) in [6, 6.07) is 0. The summed E-state index contributed by atoms with van der Waals surface area (Å²) < 4.78 is 0. The molecule has 0 aromatic heterocycles. The number of ketones is 1. The molecule has 1 N–H and O–H groups in total. The van der Waals surface area contributed by atoms with E-state index in [4.69, 9.17) is 0 Å². The highest BCUT2D eigenvalue weighted by Gasteiger charge is 2.41. The van der Waals surface area contributed by atoms with E-state index >= 15 is 0 Å². The molecule has 2 atom stereocenters. The number of carbonyl (C=O) groups excluding carboxylic acids is 1. The zero-order valence-electron chi connectivity index (χ0n) is 8.05. The van der Waals surface area contributed by atoms with Gasteiger partial charge in [0.05, 0.1) is 6.10 Å². The van der Waals surface area contributed by atoms with E-state index in [0.717, 1.165) is 32.1 Å². The minimum Gasteiger partial charge on any atom is -0.389 e. The van der Waals surface area contributed by atoms with Crippen LogP contribution >= 0.6 is 0 Å². The van der Waals surface area contributed by atoms with Crippen molar-refractivity contribution in [2.75, 3.05) is 0 Å². The SMILES string of the molecule is CC12CCC(O)C=C1CCCC2=O. The van der Waals surface area contributed by atoms with Gasteiger partial charge < -0.3 is 5.11 Å². The fourth-order valence-electron chi connectivity index (χ4n) is 2.49. The van der Waals surface area contributed by atoms with Gasteiger partial charge in [0, 0.05) is 11.8 Å². The lowest BCUT2D eigenvalue weighted by molar-refractivity contribution is -0.128. The summed E-state index contributed by atoms with van der Waals surface area (Å²) in [5, 5.41) is 9.46. The van der Waals surface area contributed by atoms with E-state index in [2.05, 4.69) is 0 Å². The van der Waals surface area contributed by atoms with E-state index < -0.39 is 0 Å². The largest absolute Gasteiger partial charge is 0.389 e.